The molecule has 7 heteroatoms. The first-order chi connectivity index (χ1) is 10.1. The Morgan fingerprint density at radius 1 is 1.33 bits per heavy atom. The summed E-state index contributed by atoms with van der Waals surface area (Å²) in [6, 6.07) is 3.66. The molecule has 0 saturated carbocycles. The smallest absolute Gasteiger partial charge is 0.155 e. The van der Waals surface area contributed by atoms with Crippen LogP contribution >= 0.6 is 0 Å². The number of nitrogens with zero attached hydrogens (tertiary/aromatic N) is 5. The third-order valence-corrected chi connectivity index (χ3v) is 3.73. The summed E-state index contributed by atoms with van der Waals surface area (Å²) in [4.78, 5) is 1.66. The maximum atomic E-state index is 14.2. The van der Waals surface area contributed by atoms with Crippen molar-refractivity contribution in [1.82, 2.24) is 14.8 Å². The van der Waals surface area contributed by atoms with Crippen molar-refractivity contribution in [1.29, 1.82) is 5.26 Å². The van der Waals surface area contributed by atoms with Crippen LogP contribution in [0.5, 0.6) is 0 Å². The first-order valence-corrected chi connectivity index (χ1v) is 6.61. The summed E-state index contributed by atoms with van der Waals surface area (Å²) in [5.41, 5.74) is -0.123. The number of aromatic nitrogens is 3. The summed E-state index contributed by atoms with van der Waals surface area (Å²) in [6.07, 6.45) is 3.14. The first-order valence-electron chi connectivity index (χ1n) is 6.61. The second-order valence-corrected chi connectivity index (χ2v) is 5.05. The van der Waals surface area contributed by atoms with Crippen LogP contribution in [0.3, 0.4) is 0 Å². The SMILES string of the molecule is Cn1cnnc1C1CCCN1c1c(F)cc(C#N)cc1F. The van der Waals surface area contributed by atoms with Gasteiger partial charge in [0.2, 0.25) is 0 Å². The summed E-state index contributed by atoms with van der Waals surface area (Å²) in [6.45, 7) is 0.539. The van der Waals surface area contributed by atoms with E-state index in [9.17, 15) is 8.78 Å². The van der Waals surface area contributed by atoms with Crippen molar-refractivity contribution >= 4 is 5.69 Å². The van der Waals surface area contributed by atoms with Crippen LogP contribution in [0.25, 0.3) is 0 Å². The van der Waals surface area contributed by atoms with Gasteiger partial charge in [-0.15, -0.1) is 10.2 Å². The third kappa shape index (κ3) is 2.23. The van der Waals surface area contributed by atoms with Crippen molar-refractivity contribution in [3.8, 4) is 6.07 Å². The Morgan fingerprint density at radius 3 is 2.62 bits per heavy atom. The van der Waals surface area contributed by atoms with Crippen molar-refractivity contribution in [2.24, 2.45) is 7.05 Å². The number of halogens is 2. The minimum atomic E-state index is -0.722. The molecule has 3 rings (SSSR count). The van der Waals surface area contributed by atoms with Gasteiger partial charge in [0.25, 0.3) is 0 Å². The Kier molecular flexibility index (Phi) is 3.29. The number of hydrogen-bond donors (Lipinski definition) is 0. The van der Waals surface area contributed by atoms with E-state index in [2.05, 4.69) is 10.2 Å². The van der Waals surface area contributed by atoms with E-state index in [1.165, 1.54) is 0 Å². The van der Waals surface area contributed by atoms with Crippen molar-refractivity contribution in [2.45, 2.75) is 18.9 Å². The van der Waals surface area contributed by atoms with Gasteiger partial charge in [0.15, 0.2) is 17.5 Å². The fourth-order valence-corrected chi connectivity index (χ4v) is 2.80. The van der Waals surface area contributed by atoms with Gasteiger partial charge in [0.05, 0.1) is 17.7 Å². The van der Waals surface area contributed by atoms with Crippen molar-refractivity contribution in [3.05, 3.63) is 41.5 Å². The van der Waals surface area contributed by atoms with E-state index in [0.717, 1.165) is 25.0 Å². The van der Waals surface area contributed by atoms with E-state index in [0.29, 0.717) is 12.4 Å². The largest absolute Gasteiger partial charge is 0.357 e. The fourth-order valence-electron chi connectivity index (χ4n) is 2.80. The average molecular weight is 289 g/mol. The Bertz CT molecular complexity index is 695. The zero-order valence-corrected chi connectivity index (χ0v) is 11.4. The molecule has 5 nitrogen and oxygen atoms in total. The van der Waals surface area contributed by atoms with Gasteiger partial charge in [-0.2, -0.15) is 5.26 Å². The van der Waals surface area contributed by atoms with Crippen molar-refractivity contribution in [2.75, 3.05) is 11.4 Å². The molecule has 1 aliphatic rings. The van der Waals surface area contributed by atoms with Gasteiger partial charge >= 0.3 is 0 Å². The highest BCUT2D eigenvalue weighted by atomic mass is 19.1. The Labute approximate surface area is 120 Å². The lowest BCUT2D eigenvalue weighted by molar-refractivity contribution is 0.554. The molecule has 0 amide bonds. The molecule has 2 aromatic rings. The zero-order chi connectivity index (χ0) is 15.0. The number of benzene rings is 1. The monoisotopic (exact) mass is 289 g/mol. The normalized spacial score (nSPS) is 18.0. The molecule has 1 aromatic carbocycles. The van der Waals surface area contributed by atoms with Crippen LogP contribution in [0, 0.1) is 23.0 Å². The van der Waals surface area contributed by atoms with E-state index < -0.39 is 11.6 Å². The Balaban J connectivity index is 2.04. The highest BCUT2D eigenvalue weighted by Crippen LogP contribution is 2.38. The van der Waals surface area contributed by atoms with Crippen molar-refractivity contribution < 1.29 is 8.78 Å². The highest BCUT2D eigenvalue weighted by molar-refractivity contribution is 5.54. The quantitative estimate of drug-likeness (QED) is 0.851. The molecule has 1 saturated heterocycles. The molecule has 0 spiro atoms. The van der Waals surface area contributed by atoms with Gasteiger partial charge in [-0.05, 0) is 25.0 Å². The zero-order valence-electron chi connectivity index (χ0n) is 11.4. The summed E-state index contributed by atoms with van der Waals surface area (Å²) in [7, 11) is 1.80. The molecule has 0 bridgehead atoms. The number of aryl methyl sites for hydroxylation is 1. The summed E-state index contributed by atoms with van der Waals surface area (Å²) in [5.74, 6) is -0.767. The molecule has 1 unspecified atom stereocenters. The second kappa shape index (κ2) is 5.13. The average Bonchev–Trinajstić information content (AvgIpc) is 3.06. The van der Waals surface area contributed by atoms with E-state index in [1.807, 2.05) is 0 Å². The van der Waals surface area contributed by atoms with Crippen LogP contribution in [0.1, 0.15) is 30.3 Å². The van der Waals surface area contributed by atoms with Crippen LogP contribution in [-0.2, 0) is 7.05 Å². The maximum absolute atomic E-state index is 14.2. The second-order valence-electron chi connectivity index (χ2n) is 5.05. The molecule has 1 aromatic heterocycles. The lowest BCUT2D eigenvalue weighted by atomic mass is 10.1. The number of hydrogen-bond acceptors (Lipinski definition) is 4. The topological polar surface area (TPSA) is 57.7 Å². The molecule has 0 aliphatic carbocycles. The minimum absolute atomic E-state index is 0.0249. The molecule has 1 aliphatic heterocycles. The molecule has 0 N–H and O–H groups in total. The molecule has 2 heterocycles. The van der Waals surface area contributed by atoms with E-state index >= 15 is 0 Å². The van der Waals surface area contributed by atoms with Gasteiger partial charge in [-0.1, -0.05) is 0 Å². The number of anilines is 1. The van der Waals surface area contributed by atoms with Crippen LogP contribution in [0.4, 0.5) is 14.5 Å². The van der Waals surface area contributed by atoms with Crippen LogP contribution < -0.4 is 4.90 Å². The van der Waals surface area contributed by atoms with Crippen molar-refractivity contribution in [3.63, 3.8) is 0 Å². The van der Waals surface area contributed by atoms with Gasteiger partial charge < -0.3 is 9.47 Å². The predicted molar refractivity (Wildman–Crippen MR) is 71.4 cm³/mol. The van der Waals surface area contributed by atoms with E-state index in [4.69, 9.17) is 5.26 Å². The molecular weight excluding hydrogens is 276 g/mol. The van der Waals surface area contributed by atoms with E-state index in [1.54, 1.807) is 28.9 Å². The minimum Gasteiger partial charge on any atom is -0.357 e. The molecular formula is C14H13F2N5. The predicted octanol–water partition coefficient (Wildman–Crippen LogP) is 2.31. The van der Waals surface area contributed by atoms with E-state index in [-0.39, 0.29) is 17.3 Å². The lowest BCUT2D eigenvalue weighted by Gasteiger charge is -2.26. The van der Waals surface area contributed by atoms with Crippen LogP contribution in [-0.4, -0.2) is 21.3 Å². The van der Waals surface area contributed by atoms with Gasteiger partial charge in [-0.3, -0.25) is 0 Å². The molecule has 0 radical (unpaired) electrons. The van der Waals surface area contributed by atoms with Crippen LogP contribution in [0.15, 0.2) is 18.5 Å². The molecule has 1 fully saturated rings. The number of nitriles is 1. The number of rotatable bonds is 2. The van der Waals surface area contributed by atoms with Gasteiger partial charge in [0, 0.05) is 13.6 Å². The van der Waals surface area contributed by atoms with Crippen LogP contribution in [0.2, 0.25) is 0 Å². The van der Waals surface area contributed by atoms with Gasteiger partial charge in [-0.25, -0.2) is 8.78 Å². The fraction of sp³-hybridized carbons (Fsp3) is 0.357. The molecule has 21 heavy (non-hydrogen) atoms. The standard InChI is InChI=1S/C14H13F2N5/c1-20-8-18-19-14(20)12-3-2-4-21(12)13-10(15)5-9(7-17)6-11(13)16/h5-6,8,12H,2-4H2,1H3. The molecule has 108 valence electrons. The Hall–Kier alpha value is -2.49. The highest BCUT2D eigenvalue weighted by Gasteiger charge is 2.33. The lowest BCUT2D eigenvalue weighted by Crippen LogP contribution is -2.26. The van der Waals surface area contributed by atoms with Gasteiger partial charge in [0.1, 0.15) is 12.0 Å². The third-order valence-electron chi connectivity index (χ3n) is 3.73. The maximum Gasteiger partial charge on any atom is 0.155 e. The Morgan fingerprint density at radius 2 is 2.05 bits per heavy atom. The summed E-state index contributed by atoms with van der Waals surface area (Å²) >= 11 is 0. The first kappa shape index (κ1) is 13.5. The summed E-state index contributed by atoms with van der Waals surface area (Å²) in [5, 5.41) is 16.6. The summed E-state index contributed by atoms with van der Waals surface area (Å²) < 4.78 is 30.1. The molecule has 1 atom stereocenters.